The minimum absolute atomic E-state index is 0.0254. The van der Waals surface area contributed by atoms with Crippen molar-refractivity contribution in [1.29, 1.82) is 0 Å². The largest absolute Gasteiger partial charge is 0.480 e. The molecule has 0 spiro atoms. The Kier molecular flexibility index (Phi) is 10.8. The van der Waals surface area contributed by atoms with Crippen molar-refractivity contribution in [2.24, 2.45) is 0 Å². The topological polar surface area (TPSA) is 110 Å². The van der Waals surface area contributed by atoms with Gasteiger partial charge < -0.3 is 15.2 Å². The number of ether oxygens (including phenoxy) is 1. The number of carboxylic acids is 1. The van der Waals surface area contributed by atoms with Gasteiger partial charge in [0.05, 0.1) is 18.1 Å². The zero-order chi connectivity index (χ0) is 16.3. The molecule has 0 aromatic rings. The first-order chi connectivity index (χ1) is 9.86. The summed E-state index contributed by atoms with van der Waals surface area (Å²) in [7, 11) is 0. The summed E-state index contributed by atoms with van der Waals surface area (Å²) in [4.78, 5) is 44.4. The second-order valence-electron chi connectivity index (χ2n) is 3.88. The molecule has 120 valence electrons. The Morgan fingerprint density at radius 2 is 1.90 bits per heavy atom. The van der Waals surface area contributed by atoms with Crippen LogP contribution in [0.15, 0.2) is 0 Å². The van der Waals surface area contributed by atoms with Crippen LogP contribution in [-0.4, -0.2) is 58.0 Å². The molecular formula is C12H19NO6S2. The van der Waals surface area contributed by atoms with Crippen molar-refractivity contribution in [2.45, 2.75) is 26.3 Å². The van der Waals surface area contributed by atoms with Gasteiger partial charge in [-0.2, -0.15) is 0 Å². The van der Waals surface area contributed by atoms with E-state index in [1.54, 1.807) is 6.92 Å². The molecule has 21 heavy (non-hydrogen) atoms. The van der Waals surface area contributed by atoms with Gasteiger partial charge in [-0.3, -0.25) is 14.4 Å². The molecule has 0 aliphatic rings. The first-order valence-corrected chi connectivity index (χ1v) is 8.39. The van der Waals surface area contributed by atoms with Crippen LogP contribution in [0.5, 0.6) is 0 Å². The van der Waals surface area contributed by atoms with Crippen molar-refractivity contribution in [3.05, 3.63) is 0 Å². The maximum atomic E-state index is 11.6. The van der Waals surface area contributed by atoms with E-state index < -0.39 is 23.9 Å². The molecule has 0 aliphatic heterocycles. The van der Waals surface area contributed by atoms with Gasteiger partial charge in [-0.15, -0.1) is 11.8 Å². The quantitative estimate of drug-likeness (QED) is 0.555. The third-order valence-corrected chi connectivity index (χ3v) is 3.86. The number of rotatable bonds is 10. The highest BCUT2D eigenvalue weighted by atomic mass is 32.2. The van der Waals surface area contributed by atoms with Crippen LogP contribution in [-0.2, 0) is 23.9 Å². The van der Waals surface area contributed by atoms with E-state index in [1.807, 2.05) is 0 Å². The number of carbonyl (C=O) groups is 4. The predicted octanol–water partition coefficient (Wildman–Crippen LogP) is 0.522. The zero-order valence-electron chi connectivity index (χ0n) is 11.9. The molecule has 0 saturated heterocycles. The molecule has 9 heteroatoms. The summed E-state index contributed by atoms with van der Waals surface area (Å²) in [5, 5.41) is 11.2. The smallest absolute Gasteiger partial charge is 0.326 e. The molecule has 0 radical (unpaired) electrons. The summed E-state index contributed by atoms with van der Waals surface area (Å²) in [6.45, 7) is 3.36. The van der Waals surface area contributed by atoms with Gasteiger partial charge in [0.1, 0.15) is 6.04 Å². The maximum absolute atomic E-state index is 11.6. The summed E-state index contributed by atoms with van der Waals surface area (Å²) in [5.74, 6) is -1.69. The fourth-order valence-electron chi connectivity index (χ4n) is 1.24. The molecule has 0 aromatic heterocycles. The number of aliphatic carboxylic acids is 1. The van der Waals surface area contributed by atoms with Crippen molar-refractivity contribution in [1.82, 2.24) is 5.32 Å². The Balaban J connectivity index is 4.03. The third kappa shape index (κ3) is 11.1. The van der Waals surface area contributed by atoms with Gasteiger partial charge >= 0.3 is 11.9 Å². The molecule has 0 heterocycles. The zero-order valence-corrected chi connectivity index (χ0v) is 13.6. The van der Waals surface area contributed by atoms with E-state index in [0.29, 0.717) is 5.75 Å². The summed E-state index contributed by atoms with van der Waals surface area (Å²) >= 11 is 2.06. The lowest BCUT2D eigenvalue weighted by Gasteiger charge is -2.13. The van der Waals surface area contributed by atoms with E-state index in [2.05, 4.69) is 5.32 Å². The van der Waals surface area contributed by atoms with E-state index in [9.17, 15) is 19.2 Å². The van der Waals surface area contributed by atoms with Crippen LogP contribution in [0.2, 0.25) is 0 Å². The molecule has 7 nitrogen and oxygen atoms in total. The molecule has 0 bridgehead atoms. The van der Waals surface area contributed by atoms with E-state index in [4.69, 9.17) is 9.84 Å². The summed E-state index contributed by atoms with van der Waals surface area (Å²) in [5.41, 5.74) is 0. The minimum atomic E-state index is -1.15. The van der Waals surface area contributed by atoms with E-state index in [-0.39, 0.29) is 29.6 Å². The van der Waals surface area contributed by atoms with Crippen LogP contribution in [0.1, 0.15) is 20.3 Å². The Morgan fingerprint density at radius 1 is 1.24 bits per heavy atom. The van der Waals surface area contributed by atoms with Crippen molar-refractivity contribution < 1.29 is 29.0 Å². The van der Waals surface area contributed by atoms with Crippen molar-refractivity contribution >= 4 is 46.5 Å². The van der Waals surface area contributed by atoms with Crippen molar-refractivity contribution in [3.63, 3.8) is 0 Å². The molecule has 1 atom stereocenters. The lowest BCUT2D eigenvalue weighted by molar-refractivity contribution is -0.141. The molecule has 0 aliphatic carbocycles. The predicted molar refractivity (Wildman–Crippen MR) is 81.3 cm³/mol. The molecular weight excluding hydrogens is 318 g/mol. The lowest BCUT2D eigenvalue weighted by Crippen LogP contribution is -2.42. The maximum Gasteiger partial charge on any atom is 0.326 e. The first-order valence-electron chi connectivity index (χ1n) is 6.25. The van der Waals surface area contributed by atoms with Crippen molar-refractivity contribution in [3.8, 4) is 0 Å². The Morgan fingerprint density at radius 3 is 2.43 bits per heavy atom. The normalized spacial score (nSPS) is 11.5. The summed E-state index contributed by atoms with van der Waals surface area (Å²) in [6.07, 6.45) is 0.161. The molecule has 2 N–H and O–H groups in total. The molecule has 1 amide bonds. The number of amides is 1. The summed E-state index contributed by atoms with van der Waals surface area (Å²) in [6, 6.07) is -1.03. The average molecular weight is 337 g/mol. The van der Waals surface area contributed by atoms with Crippen LogP contribution in [0.4, 0.5) is 0 Å². The number of hydrogen-bond donors (Lipinski definition) is 2. The molecule has 0 rings (SSSR count). The average Bonchev–Trinajstić information content (AvgIpc) is 2.37. The Hall–Kier alpha value is -1.22. The number of thioether (sulfide) groups is 2. The van der Waals surface area contributed by atoms with Gasteiger partial charge in [-0.1, -0.05) is 11.8 Å². The van der Waals surface area contributed by atoms with Crippen LogP contribution >= 0.6 is 23.5 Å². The van der Waals surface area contributed by atoms with Crippen LogP contribution in [0.25, 0.3) is 0 Å². The second-order valence-corrected chi connectivity index (χ2v) is 6.14. The SMILES string of the molecule is CCOC(=O)CSCC(=O)N[C@H](CCSC(C)=O)C(=O)O. The summed E-state index contributed by atoms with van der Waals surface area (Å²) < 4.78 is 4.70. The van der Waals surface area contributed by atoms with Gasteiger partial charge in [0.25, 0.3) is 0 Å². The number of hydrogen-bond acceptors (Lipinski definition) is 7. The van der Waals surface area contributed by atoms with E-state index >= 15 is 0 Å². The van der Waals surface area contributed by atoms with Gasteiger partial charge in [0.2, 0.25) is 5.91 Å². The fraction of sp³-hybridized carbons (Fsp3) is 0.667. The monoisotopic (exact) mass is 337 g/mol. The Labute approximate surface area is 131 Å². The minimum Gasteiger partial charge on any atom is -0.480 e. The molecule has 0 fully saturated rings. The Bertz CT molecular complexity index is 388. The van der Waals surface area contributed by atoms with E-state index in [0.717, 1.165) is 23.5 Å². The van der Waals surface area contributed by atoms with Crippen LogP contribution in [0, 0.1) is 0 Å². The molecule has 0 saturated carbocycles. The van der Waals surface area contributed by atoms with Crippen LogP contribution in [0.3, 0.4) is 0 Å². The van der Waals surface area contributed by atoms with Crippen LogP contribution < -0.4 is 5.32 Å². The standard InChI is InChI=1S/C12H19NO6S2/c1-3-19-11(16)7-20-6-10(15)13-9(12(17)18)4-5-21-8(2)14/h9H,3-7H2,1-2H3,(H,13,15)(H,17,18)/t9-/m1/s1. The number of carboxylic acid groups (broad SMARTS) is 1. The number of esters is 1. The van der Waals surface area contributed by atoms with Gasteiger partial charge in [0.15, 0.2) is 5.12 Å². The van der Waals surface area contributed by atoms with Gasteiger partial charge in [-0.25, -0.2) is 4.79 Å². The highest BCUT2D eigenvalue weighted by Gasteiger charge is 2.20. The molecule has 0 aromatic carbocycles. The first kappa shape index (κ1) is 19.8. The van der Waals surface area contributed by atoms with Gasteiger partial charge in [0, 0.05) is 12.7 Å². The second kappa shape index (κ2) is 11.4. The number of carbonyl (C=O) groups excluding carboxylic acids is 3. The fourth-order valence-corrected chi connectivity index (χ4v) is 2.51. The third-order valence-electron chi connectivity index (χ3n) is 2.10. The molecule has 0 unspecified atom stereocenters. The highest BCUT2D eigenvalue weighted by Crippen LogP contribution is 2.07. The van der Waals surface area contributed by atoms with Gasteiger partial charge in [-0.05, 0) is 13.3 Å². The highest BCUT2D eigenvalue weighted by molar-refractivity contribution is 8.13. The number of nitrogens with one attached hydrogen (secondary N) is 1. The lowest BCUT2D eigenvalue weighted by atomic mass is 10.2. The van der Waals surface area contributed by atoms with Crippen molar-refractivity contribution in [2.75, 3.05) is 23.9 Å². The van der Waals surface area contributed by atoms with E-state index in [1.165, 1.54) is 6.92 Å².